The van der Waals surface area contributed by atoms with Gasteiger partial charge in [0.2, 0.25) is 0 Å². The van der Waals surface area contributed by atoms with Crippen LogP contribution in [0.25, 0.3) is 0 Å². The number of benzene rings is 1. The Morgan fingerprint density at radius 2 is 2.00 bits per heavy atom. The average molecular weight is 240 g/mol. The molecule has 0 radical (unpaired) electrons. The summed E-state index contributed by atoms with van der Waals surface area (Å²) < 4.78 is 2.34. The first-order valence-electron chi connectivity index (χ1n) is 6.75. The van der Waals surface area contributed by atoms with Crippen molar-refractivity contribution in [2.45, 2.75) is 38.9 Å². The number of nitrogens with zero attached hydrogens (tertiary/aromatic N) is 1. The summed E-state index contributed by atoms with van der Waals surface area (Å²) in [6.07, 6.45) is 4.87. The minimum absolute atomic E-state index is 0.770. The van der Waals surface area contributed by atoms with Gasteiger partial charge < -0.3 is 9.88 Å². The molecule has 1 aliphatic rings. The van der Waals surface area contributed by atoms with Gasteiger partial charge in [0, 0.05) is 31.0 Å². The third-order valence-corrected chi connectivity index (χ3v) is 3.67. The van der Waals surface area contributed by atoms with E-state index in [9.17, 15) is 0 Å². The van der Waals surface area contributed by atoms with Gasteiger partial charge in [0.15, 0.2) is 0 Å². The highest BCUT2D eigenvalue weighted by molar-refractivity contribution is 5.26. The first-order valence-corrected chi connectivity index (χ1v) is 6.75. The first-order chi connectivity index (χ1) is 8.83. The molecule has 3 rings (SSSR count). The summed E-state index contributed by atoms with van der Waals surface area (Å²) in [5.74, 6) is 0. The SMILES string of the molecule is Cc1ccccc1Cn1cccc1CNC1CC1. The van der Waals surface area contributed by atoms with Crippen molar-refractivity contribution in [1.82, 2.24) is 9.88 Å². The third-order valence-electron chi connectivity index (χ3n) is 3.67. The Balaban J connectivity index is 1.71. The molecule has 0 bridgehead atoms. The van der Waals surface area contributed by atoms with Crippen LogP contribution in [-0.2, 0) is 13.1 Å². The predicted molar refractivity (Wildman–Crippen MR) is 74.6 cm³/mol. The molecule has 0 aliphatic heterocycles. The van der Waals surface area contributed by atoms with Crippen LogP contribution in [0.5, 0.6) is 0 Å². The van der Waals surface area contributed by atoms with E-state index in [1.54, 1.807) is 0 Å². The fourth-order valence-electron chi connectivity index (χ4n) is 2.27. The molecule has 2 aromatic rings. The Morgan fingerprint density at radius 1 is 1.17 bits per heavy atom. The summed E-state index contributed by atoms with van der Waals surface area (Å²) in [6, 6.07) is 13.7. The zero-order valence-electron chi connectivity index (χ0n) is 10.9. The monoisotopic (exact) mass is 240 g/mol. The van der Waals surface area contributed by atoms with Crippen LogP contribution >= 0.6 is 0 Å². The van der Waals surface area contributed by atoms with Crippen LogP contribution in [-0.4, -0.2) is 10.6 Å². The van der Waals surface area contributed by atoms with Gasteiger partial charge in [-0.15, -0.1) is 0 Å². The molecule has 1 aromatic heterocycles. The number of rotatable bonds is 5. The van der Waals surface area contributed by atoms with Crippen LogP contribution in [0.4, 0.5) is 0 Å². The molecule has 18 heavy (non-hydrogen) atoms. The van der Waals surface area contributed by atoms with Gasteiger partial charge in [-0.25, -0.2) is 0 Å². The molecule has 1 aromatic carbocycles. The molecule has 1 aliphatic carbocycles. The van der Waals surface area contributed by atoms with Crippen LogP contribution < -0.4 is 5.32 Å². The van der Waals surface area contributed by atoms with Crippen molar-refractivity contribution >= 4 is 0 Å². The van der Waals surface area contributed by atoms with E-state index >= 15 is 0 Å². The lowest BCUT2D eigenvalue weighted by atomic mass is 10.1. The molecule has 0 spiro atoms. The van der Waals surface area contributed by atoms with E-state index in [1.807, 2.05) is 0 Å². The fourth-order valence-corrected chi connectivity index (χ4v) is 2.27. The van der Waals surface area contributed by atoms with Crippen molar-refractivity contribution in [3.05, 3.63) is 59.4 Å². The van der Waals surface area contributed by atoms with E-state index in [-0.39, 0.29) is 0 Å². The summed E-state index contributed by atoms with van der Waals surface area (Å²) in [6.45, 7) is 4.14. The minimum Gasteiger partial charge on any atom is -0.346 e. The largest absolute Gasteiger partial charge is 0.346 e. The highest BCUT2D eigenvalue weighted by atomic mass is 15.0. The number of hydrogen-bond donors (Lipinski definition) is 1. The van der Waals surface area contributed by atoms with Crippen molar-refractivity contribution < 1.29 is 0 Å². The fraction of sp³-hybridized carbons (Fsp3) is 0.375. The van der Waals surface area contributed by atoms with Crippen molar-refractivity contribution in [3.63, 3.8) is 0 Å². The number of nitrogens with one attached hydrogen (secondary N) is 1. The van der Waals surface area contributed by atoms with Gasteiger partial charge in [-0.1, -0.05) is 24.3 Å². The van der Waals surface area contributed by atoms with Crippen LogP contribution in [0.3, 0.4) is 0 Å². The molecule has 2 nitrogen and oxygen atoms in total. The summed E-state index contributed by atoms with van der Waals surface area (Å²) in [7, 11) is 0. The van der Waals surface area contributed by atoms with Gasteiger partial charge in [0.1, 0.15) is 0 Å². The van der Waals surface area contributed by atoms with E-state index in [1.165, 1.54) is 29.7 Å². The van der Waals surface area contributed by atoms with Crippen molar-refractivity contribution in [2.24, 2.45) is 0 Å². The zero-order valence-corrected chi connectivity index (χ0v) is 10.9. The van der Waals surface area contributed by atoms with Crippen LogP contribution in [0.15, 0.2) is 42.6 Å². The predicted octanol–water partition coefficient (Wildman–Crippen LogP) is 3.10. The molecular weight excluding hydrogens is 220 g/mol. The van der Waals surface area contributed by atoms with Gasteiger partial charge in [-0.2, -0.15) is 0 Å². The maximum absolute atomic E-state index is 3.58. The first kappa shape index (κ1) is 11.5. The maximum Gasteiger partial charge on any atom is 0.0476 e. The summed E-state index contributed by atoms with van der Waals surface area (Å²) >= 11 is 0. The zero-order chi connectivity index (χ0) is 12.4. The molecule has 1 heterocycles. The van der Waals surface area contributed by atoms with Crippen molar-refractivity contribution in [3.8, 4) is 0 Å². The Hall–Kier alpha value is -1.54. The van der Waals surface area contributed by atoms with E-state index in [0.717, 1.165) is 19.1 Å². The lowest BCUT2D eigenvalue weighted by molar-refractivity contribution is 0.634. The average Bonchev–Trinajstić information content (AvgIpc) is 3.10. The third kappa shape index (κ3) is 2.65. The van der Waals surface area contributed by atoms with E-state index in [0.29, 0.717) is 0 Å². The molecular formula is C16H20N2. The van der Waals surface area contributed by atoms with Gasteiger partial charge in [-0.05, 0) is 43.0 Å². The molecule has 1 fully saturated rings. The van der Waals surface area contributed by atoms with Gasteiger partial charge >= 0.3 is 0 Å². The Kier molecular flexibility index (Phi) is 3.20. The molecule has 1 saturated carbocycles. The quantitative estimate of drug-likeness (QED) is 0.849. The van der Waals surface area contributed by atoms with E-state index in [4.69, 9.17) is 0 Å². The van der Waals surface area contributed by atoms with Crippen LogP contribution in [0.2, 0.25) is 0 Å². The molecule has 0 unspecified atom stereocenters. The van der Waals surface area contributed by atoms with Gasteiger partial charge in [0.05, 0.1) is 0 Å². The Labute approximate surface area is 109 Å². The summed E-state index contributed by atoms with van der Waals surface area (Å²) in [5, 5.41) is 3.58. The Morgan fingerprint density at radius 3 is 2.78 bits per heavy atom. The van der Waals surface area contributed by atoms with Crippen LogP contribution in [0, 0.1) is 6.92 Å². The highest BCUT2D eigenvalue weighted by Gasteiger charge is 2.20. The number of aryl methyl sites for hydroxylation is 1. The van der Waals surface area contributed by atoms with Gasteiger partial charge in [-0.3, -0.25) is 0 Å². The standard InChI is InChI=1S/C16H20N2/c1-13-5-2-3-6-14(13)12-18-10-4-7-16(18)11-17-15-8-9-15/h2-7,10,15,17H,8-9,11-12H2,1H3. The van der Waals surface area contributed by atoms with Crippen LogP contribution in [0.1, 0.15) is 29.7 Å². The molecule has 0 saturated heterocycles. The Bertz CT molecular complexity index is 523. The van der Waals surface area contributed by atoms with Crippen molar-refractivity contribution in [2.75, 3.05) is 0 Å². The van der Waals surface area contributed by atoms with Gasteiger partial charge in [0.25, 0.3) is 0 Å². The van der Waals surface area contributed by atoms with E-state index in [2.05, 4.69) is 59.4 Å². The smallest absolute Gasteiger partial charge is 0.0476 e. The highest BCUT2D eigenvalue weighted by Crippen LogP contribution is 2.19. The molecule has 0 atom stereocenters. The topological polar surface area (TPSA) is 17.0 Å². The van der Waals surface area contributed by atoms with E-state index < -0.39 is 0 Å². The second-order valence-electron chi connectivity index (χ2n) is 5.21. The normalized spacial score (nSPS) is 14.9. The number of aromatic nitrogens is 1. The molecule has 2 heteroatoms. The van der Waals surface area contributed by atoms with Crippen molar-refractivity contribution in [1.29, 1.82) is 0 Å². The lowest BCUT2D eigenvalue weighted by Gasteiger charge is -2.11. The molecule has 0 amide bonds. The number of hydrogen-bond acceptors (Lipinski definition) is 1. The molecule has 1 N–H and O–H groups in total. The second-order valence-corrected chi connectivity index (χ2v) is 5.21. The lowest BCUT2D eigenvalue weighted by Crippen LogP contribution is -2.18. The molecule has 94 valence electrons. The summed E-state index contributed by atoms with van der Waals surface area (Å²) in [5.41, 5.74) is 4.15. The summed E-state index contributed by atoms with van der Waals surface area (Å²) in [4.78, 5) is 0. The minimum atomic E-state index is 0.770. The second kappa shape index (κ2) is 4.99. The maximum atomic E-state index is 3.58.